The van der Waals surface area contributed by atoms with E-state index in [4.69, 9.17) is 0 Å². The minimum Gasteiger partial charge on any atom is -0.202 e. The molecule has 0 saturated carbocycles. The molecule has 0 aliphatic heterocycles. The molecule has 0 aromatic carbocycles. The highest BCUT2D eigenvalue weighted by Gasteiger charge is 2.44. The zero-order valence-electron chi connectivity index (χ0n) is 5.65. The molecule has 0 atom stereocenters. The summed E-state index contributed by atoms with van der Waals surface area (Å²) in [4.78, 5) is 0. The van der Waals surface area contributed by atoms with Crippen molar-refractivity contribution in [2.75, 3.05) is 0 Å². The number of hydrogen-bond donors (Lipinski definition) is 0. The van der Waals surface area contributed by atoms with E-state index in [0.717, 1.165) is 0 Å². The molecule has 12 heavy (non-hydrogen) atoms. The maximum absolute atomic E-state index is 11.8. The van der Waals surface area contributed by atoms with E-state index >= 15 is 0 Å². The largest absolute Gasteiger partial charge is 0.445 e. The lowest BCUT2D eigenvalue weighted by molar-refractivity contribution is -0.116. The zero-order chi connectivity index (χ0) is 10.2. The van der Waals surface area contributed by atoms with Crippen LogP contribution in [-0.2, 0) is 0 Å². The molecule has 0 aromatic rings. The smallest absolute Gasteiger partial charge is 0.202 e. The summed E-state index contributed by atoms with van der Waals surface area (Å²) in [6, 6.07) is 0. The third kappa shape index (κ3) is 2.71. The van der Waals surface area contributed by atoms with Crippen LogP contribution in [0, 0.1) is 0 Å². The van der Waals surface area contributed by atoms with Gasteiger partial charge in [-0.1, -0.05) is 0 Å². The molecule has 0 spiro atoms. The van der Waals surface area contributed by atoms with E-state index < -0.39 is 23.8 Å². The summed E-state index contributed by atoms with van der Waals surface area (Å²) < 4.78 is 80.7. The molecule has 0 N–H and O–H groups in total. The number of alkyl halides is 5. The van der Waals surface area contributed by atoms with Crippen LogP contribution in [0.3, 0.4) is 0 Å². The van der Waals surface area contributed by atoms with Gasteiger partial charge in [0.1, 0.15) is 0 Å². The second-order valence-electron chi connectivity index (χ2n) is 2.01. The van der Waals surface area contributed by atoms with Crippen molar-refractivity contribution in [3.8, 4) is 0 Å². The van der Waals surface area contributed by atoms with Crippen molar-refractivity contribution in [3.05, 3.63) is 11.7 Å². The van der Waals surface area contributed by atoms with Gasteiger partial charge in [-0.15, -0.1) is 0 Å². The quantitative estimate of drug-likeness (QED) is 0.564. The lowest BCUT2D eigenvalue weighted by Gasteiger charge is -2.10. The fraction of sp³-hybridized carbons (Fsp3) is 0.600. The molecule has 0 fully saturated rings. The molecule has 0 unspecified atom stereocenters. The number of rotatable bonds is 1. The van der Waals surface area contributed by atoms with Crippen LogP contribution in [0.15, 0.2) is 11.7 Å². The Morgan fingerprint density at radius 1 is 0.833 bits per heavy atom. The van der Waals surface area contributed by atoms with Crippen molar-refractivity contribution in [1.29, 1.82) is 0 Å². The van der Waals surface area contributed by atoms with Crippen molar-refractivity contribution in [2.24, 2.45) is 0 Å². The zero-order valence-corrected chi connectivity index (χ0v) is 5.65. The number of halogens is 7. The summed E-state index contributed by atoms with van der Waals surface area (Å²) >= 11 is 0. The Balaban J connectivity index is 4.96. The summed E-state index contributed by atoms with van der Waals surface area (Å²) in [6.45, 7) is -0.173. The molecule has 0 rings (SSSR count). The standard InChI is InChI=1S/C5H3F7/c1-4(8,9)2(6)3(7)5(10,11)12/h1H3. The molecule has 7 heteroatoms. The van der Waals surface area contributed by atoms with Gasteiger partial charge in [-0.3, -0.25) is 0 Å². The molecule has 0 aliphatic rings. The van der Waals surface area contributed by atoms with Crippen molar-refractivity contribution < 1.29 is 30.7 Å². The first-order valence-corrected chi connectivity index (χ1v) is 2.57. The molecule has 0 aromatic heterocycles. The average molecular weight is 196 g/mol. The predicted octanol–water partition coefficient (Wildman–Crippen LogP) is 3.35. The summed E-state index contributed by atoms with van der Waals surface area (Å²) in [5, 5.41) is 0. The number of allylic oxidation sites excluding steroid dienone is 2. The molecule has 0 nitrogen and oxygen atoms in total. The van der Waals surface area contributed by atoms with Gasteiger partial charge in [0.15, 0.2) is 0 Å². The molecule has 0 radical (unpaired) electrons. The molecular formula is C5H3F7. The minimum atomic E-state index is -5.70. The first kappa shape index (κ1) is 11.2. The Bertz CT molecular complexity index is 171. The Morgan fingerprint density at radius 2 is 1.17 bits per heavy atom. The molecular weight excluding hydrogens is 193 g/mol. The summed E-state index contributed by atoms with van der Waals surface area (Å²) in [6.07, 6.45) is -5.70. The van der Waals surface area contributed by atoms with Crippen LogP contribution < -0.4 is 0 Å². The third-order valence-corrected chi connectivity index (χ3v) is 0.827. The molecule has 0 saturated heterocycles. The normalized spacial score (nSPS) is 16.0. The van der Waals surface area contributed by atoms with E-state index in [-0.39, 0.29) is 6.92 Å². The highest BCUT2D eigenvalue weighted by molar-refractivity contribution is 5.12. The fourth-order valence-corrected chi connectivity index (χ4v) is 0.317. The highest BCUT2D eigenvalue weighted by Crippen LogP contribution is 2.36. The van der Waals surface area contributed by atoms with Gasteiger partial charge < -0.3 is 0 Å². The lowest BCUT2D eigenvalue weighted by atomic mass is 10.3. The van der Waals surface area contributed by atoms with Crippen LogP contribution >= 0.6 is 0 Å². The predicted molar refractivity (Wildman–Crippen MR) is 25.9 cm³/mol. The van der Waals surface area contributed by atoms with Crippen LogP contribution in [-0.4, -0.2) is 12.1 Å². The summed E-state index contributed by atoms with van der Waals surface area (Å²) in [5.41, 5.74) is 0. The van der Waals surface area contributed by atoms with Crippen molar-refractivity contribution >= 4 is 0 Å². The number of hydrogen-bond acceptors (Lipinski definition) is 0. The average Bonchev–Trinajstić information content (AvgIpc) is 1.80. The molecule has 0 bridgehead atoms. The first-order chi connectivity index (χ1) is 5.07. The van der Waals surface area contributed by atoms with Gasteiger partial charge in [0.25, 0.3) is 5.92 Å². The van der Waals surface area contributed by atoms with E-state index in [1.807, 2.05) is 0 Å². The van der Waals surface area contributed by atoms with Crippen LogP contribution in [0.2, 0.25) is 0 Å². The van der Waals surface area contributed by atoms with Crippen molar-refractivity contribution in [3.63, 3.8) is 0 Å². The van der Waals surface area contributed by atoms with Crippen LogP contribution in [0.1, 0.15) is 6.92 Å². The molecule has 0 heterocycles. The van der Waals surface area contributed by atoms with Gasteiger partial charge in [0, 0.05) is 6.92 Å². The Hall–Kier alpha value is -0.750. The maximum Gasteiger partial charge on any atom is 0.445 e. The van der Waals surface area contributed by atoms with Gasteiger partial charge in [-0.2, -0.15) is 26.3 Å². The van der Waals surface area contributed by atoms with Gasteiger partial charge in [-0.05, 0) is 0 Å². The van der Waals surface area contributed by atoms with Crippen molar-refractivity contribution in [2.45, 2.75) is 19.0 Å². The fourth-order valence-electron chi connectivity index (χ4n) is 0.317. The molecule has 0 aliphatic carbocycles. The first-order valence-electron chi connectivity index (χ1n) is 2.57. The second-order valence-corrected chi connectivity index (χ2v) is 2.01. The second kappa shape index (κ2) is 2.95. The van der Waals surface area contributed by atoms with Gasteiger partial charge in [-0.25, -0.2) is 4.39 Å². The lowest BCUT2D eigenvalue weighted by Crippen LogP contribution is -2.18. The monoisotopic (exact) mass is 196 g/mol. The SMILES string of the molecule is CC(F)(F)C(F)=C(F)C(F)(F)F. The Labute approximate surface area is 62.7 Å². The third-order valence-electron chi connectivity index (χ3n) is 0.827. The van der Waals surface area contributed by atoms with Crippen molar-refractivity contribution in [1.82, 2.24) is 0 Å². The van der Waals surface area contributed by atoms with Gasteiger partial charge in [0.2, 0.25) is 11.7 Å². The van der Waals surface area contributed by atoms with E-state index in [1.54, 1.807) is 0 Å². The Morgan fingerprint density at radius 3 is 1.25 bits per heavy atom. The van der Waals surface area contributed by atoms with Crippen LogP contribution in [0.5, 0.6) is 0 Å². The van der Waals surface area contributed by atoms with E-state index in [2.05, 4.69) is 0 Å². The molecule has 0 amide bonds. The van der Waals surface area contributed by atoms with Crippen LogP contribution in [0.25, 0.3) is 0 Å². The maximum atomic E-state index is 11.8. The van der Waals surface area contributed by atoms with E-state index in [9.17, 15) is 30.7 Å². The topological polar surface area (TPSA) is 0 Å². The minimum absolute atomic E-state index is 0.173. The van der Waals surface area contributed by atoms with Crippen LogP contribution in [0.4, 0.5) is 30.7 Å². The molecule has 72 valence electrons. The van der Waals surface area contributed by atoms with E-state index in [1.165, 1.54) is 0 Å². The van der Waals surface area contributed by atoms with Gasteiger partial charge in [0.05, 0.1) is 0 Å². The Kier molecular flexibility index (Phi) is 2.76. The van der Waals surface area contributed by atoms with E-state index in [0.29, 0.717) is 0 Å². The van der Waals surface area contributed by atoms with Gasteiger partial charge >= 0.3 is 6.18 Å². The summed E-state index contributed by atoms with van der Waals surface area (Å²) in [5.74, 6) is -10.9. The highest BCUT2D eigenvalue weighted by atomic mass is 19.4. The summed E-state index contributed by atoms with van der Waals surface area (Å²) in [7, 11) is 0.